The molecular weight excluding hydrogens is 330 g/mol. The van der Waals surface area contributed by atoms with E-state index in [1.165, 1.54) is 4.88 Å². The van der Waals surface area contributed by atoms with Gasteiger partial charge in [-0.25, -0.2) is 4.68 Å². The van der Waals surface area contributed by atoms with Crippen molar-refractivity contribution in [2.75, 3.05) is 0 Å². The molecule has 0 unspecified atom stereocenters. The van der Waals surface area contributed by atoms with E-state index in [1.54, 1.807) is 11.3 Å². The first-order chi connectivity index (χ1) is 6.79. The van der Waals surface area contributed by atoms with Crippen molar-refractivity contribution >= 4 is 43.2 Å². The molecule has 0 amide bonds. The third-order valence-electron chi connectivity index (χ3n) is 1.72. The largest absolute Gasteiger partial charge is 0.247 e. The first-order valence-electron chi connectivity index (χ1n) is 3.96. The molecule has 0 aliphatic heterocycles. The lowest BCUT2D eigenvalue weighted by Crippen LogP contribution is -1.98. The summed E-state index contributed by atoms with van der Waals surface area (Å²) in [5.74, 6) is 0. The fourth-order valence-corrected chi connectivity index (χ4v) is 2.79. The molecule has 0 atom stereocenters. The topological polar surface area (TPSA) is 30.7 Å². The van der Waals surface area contributed by atoms with Crippen molar-refractivity contribution in [1.82, 2.24) is 15.0 Å². The lowest BCUT2D eigenvalue weighted by Gasteiger charge is -1.97. The van der Waals surface area contributed by atoms with Gasteiger partial charge in [0.2, 0.25) is 0 Å². The van der Waals surface area contributed by atoms with E-state index in [9.17, 15) is 0 Å². The third-order valence-corrected chi connectivity index (χ3v) is 4.21. The van der Waals surface area contributed by atoms with Gasteiger partial charge in [-0.1, -0.05) is 21.1 Å². The molecule has 0 bridgehead atoms. The average molecular weight is 337 g/mol. The standard InChI is InChI=1S/C8H7Br2N3S/c9-3-6-4-13(12-11-6)5-8-7(10)1-2-14-8/h1-2,4H,3,5H2. The molecule has 0 fully saturated rings. The van der Waals surface area contributed by atoms with Crippen LogP contribution in [0.4, 0.5) is 0 Å². The highest BCUT2D eigenvalue weighted by molar-refractivity contribution is 9.10. The lowest BCUT2D eigenvalue weighted by atomic mass is 10.4. The molecule has 2 aromatic heterocycles. The highest BCUT2D eigenvalue weighted by atomic mass is 79.9. The molecule has 3 nitrogen and oxygen atoms in total. The molecule has 0 N–H and O–H groups in total. The maximum absolute atomic E-state index is 4.03. The number of nitrogens with zero attached hydrogens (tertiary/aromatic N) is 3. The quantitative estimate of drug-likeness (QED) is 0.806. The summed E-state index contributed by atoms with van der Waals surface area (Å²) < 4.78 is 2.98. The number of aromatic nitrogens is 3. The van der Waals surface area contributed by atoms with E-state index in [0.717, 1.165) is 22.0 Å². The van der Waals surface area contributed by atoms with Crippen molar-refractivity contribution < 1.29 is 0 Å². The van der Waals surface area contributed by atoms with Crippen molar-refractivity contribution in [2.45, 2.75) is 11.9 Å². The fraction of sp³-hybridized carbons (Fsp3) is 0.250. The van der Waals surface area contributed by atoms with Gasteiger partial charge in [0.15, 0.2) is 0 Å². The van der Waals surface area contributed by atoms with Crippen LogP contribution < -0.4 is 0 Å². The molecule has 74 valence electrons. The van der Waals surface area contributed by atoms with Gasteiger partial charge in [0.25, 0.3) is 0 Å². The Kier molecular flexibility index (Phi) is 3.35. The Morgan fingerprint density at radius 3 is 2.93 bits per heavy atom. The van der Waals surface area contributed by atoms with Crippen LogP contribution in [0.1, 0.15) is 10.6 Å². The van der Waals surface area contributed by atoms with Crippen molar-refractivity contribution in [2.24, 2.45) is 0 Å². The number of alkyl halides is 1. The Balaban J connectivity index is 2.15. The van der Waals surface area contributed by atoms with Crippen LogP contribution in [0.2, 0.25) is 0 Å². The molecule has 6 heteroatoms. The first-order valence-corrected chi connectivity index (χ1v) is 6.76. The van der Waals surface area contributed by atoms with Gasteiger partial charge in [-0.2, -0.15) is 0 Å². The monoisotopic (exact) mass is 335 g/mol. The van der Waals surface area contributed by atoms with Gasteiger partial charge in [0, 0.05) is 20.9 Å². The normalized spacial score (nSPS) is 10.7. The molecule has 2 rings (SSSR count). The first kappa shape index (κ1) is 10.3. The van der Waals surface area contributed by atoms with Crippen molar-refractivity contribution in [3.8, 4) is 0 Å². The highest BCUT2D eigenvalue weighted by Crippen LogP contribution is 2.23. The van der Waals surface area contributed by atoms with Crippen molar-refractivity contribution in [3.05, 3.63) is 32.7 Å². The van der Waals surface area contributed by atoms with E-state index in [2.05, 4.69) is 47.6 Å². The summed E-state index contributed by atoms with van der Waals surface area (Å²) in [7, 11) is 0. The molecule has 0 aliphatic carbocycles. The van der Waals surface area contributed by atoms with Crippen molar-refractivity contribution in [3.63, 3.8) is 0 Å². The Morgan fingerprint density at radius 2 is 2.36 bits per heavy atom. The second-order valence-corrected chi connectivity index (χ2v) is 5.15. The minimum absolute atomic E-state index is 0.749. The van der Waals surface area contributed by atoms with E-state index in [4.69, 9.17) is 0 Å². The predicted octanol–water partition coefficient (Wildman–Crippen LogP) is 3.05. The zero-order chi connectivity index (χ0) is 9.97. The Labute approximate surface area is 102 Å². The summed E-state index contributed by atoms with van der Waals surface area (Å²) in [5.41, 5.74) is 0.956. The molecule has 0 aromatic carbocycles. The van der Waals surface area contributed by atoms with Gasteiger partial charge < -0.3 is 0 Å². The Bertz CT molecular complexity index is 424. The predicted molar refractivity (Wildman–Crippen MR) is 63.8 cm³/mol. The molecular formula is C8H7Br2N3S. The van der Waals surface area contributed by atoms with Crippen LogP contribution >= 0.6 is 43.2 Å². The van der Waals surface area contributed by atoms with Gasteiger partial charge in [0.05, 0.1) is 12.2 Å². The van der Waals surface area contributed by atoms with Crippen LogP contribution in [-0.2, 0) is 11.9 Å². The van der Waals surface area contributed by atoms with Crippen LogP contribution in [0.25, 0.3) is 0 Å². The number of thiophene rings is 1. The zero-order valence-corrected chi connectivity index (χ0v) is 11.1. The summed E-state index contributed by atoms with van der Waals surface area (Å²) in [6, 6.07) is 2.04. The van der Waals surface area contributed by atoms with E-state index in [1.807, 2.05) is 16.9 Å². The number of halogens is 2. The van der Waals surface area contributed by atoms with Crippen LogP contribution in [0.3, 0.4) is 0 Å². The smallest absolute Gasteiger partial charge is 0.0932 e. The average Bonchev–Trinajstić information content (AvgIpc) is 2.77. The Hall–Kier alpha value is -0.200. The van der Waals surface area contributed by atoms with Crippen LogP contribution in [0.5, 0.6) is 0 Å². The number of hydrogen-bond acceptors (Lipinski definition) is 3. The minimum atomic E-state index is 0.749. The van der Waals surface area contributed by atoms with E-state index >= 15 is 0 Å². The van der Waals surface area contributed by atoms with Gasteiger partial charge >= 0.3 is 0 Å². The van der Waals surface area contributed by atoms with Gasteiger partial charge in [-0.3, -0.25) is 0 Å². The summed E-state index contributed by atoms with van der Waals surface area (Å²) in [6.45, 7) is 0.776. The maximum Gasteiger partial charge on any atom is 0.0932 e. The van der Waals surface area contributed by atoms with Gasteiger partial charge in [-0.05, 0) is 27.4 Å². The van der Waals surface area contributed by atoms with Crippen LogP contribution in [0.15, 0.2) is 22.1 Å². The Morgan fingerprint density at radius 1 is 1.50 bits per heavy atom. The van der Waals surface area contributed by atoms with Crippen LogP contribution in [-0.4, -0.2) is 15.0 Å². The van der Waals surface area contributed by atoms with E-state index < -0.39 is 0 Å². The lowest BCUT2D eigenvalue weighted by molar-refractivity contribution is 0.654. The van der Waals surface area contributed by atoms with Crippen LogP contribution in [0, 0.1) is 0 Å². The molecule has 0 saturated carbocycles. The second-order valence-electron chi connectivity index (χ2n) is 2.73. The fourth-order valence-electron chi connectivity index (χ4n) is 1.06. The molecule has 14 heavy (non-hydrogen) atoms. The second kappa shape index (κ2) is 4.55. The molecule has 0 aliphatic rings. The number of rotatable bonds is 3. The minimum Gasteiger partial charge on any atom is -0.247 e. The SMILES string of the molecule is BrCc1cn(Cc2sccc2Br)nn1. The molecule has 0 radical (unpaired) electrons. The molecule has 2 heterocycles. The zero-order valence-electron chi connectivity index (χ0n) is 7.15. The van der Waals surface area contributed by atoms with Gasteiger partial charge in [0.1, 0.15) is 0 Å². The van der Waals surface area contributed by atoms with E-state index in [-0.39, 0.29) is 0 Å². The van der Waals surface area contributed by atoms with Crippen molar-refractivity contribution in [1.29, 1.82) is 0 Å². The highest BCUT2D eigenvalue weighted by Gasteiger charge is 2.04. The maximum atomic E-state index is 4.03. The van der Waals surface area contributed by atoms with E-state index in [0.29, 0.717) is 0 Å². The summed E-state index contributed by atoms with van der Waals surface area (Å²) in [6.07, 6.45) is 1.95. The molecule has 0 saturated heterocycles. The molecule has 0 spiro atoms. The summed E-state index contributed by atoms with van der Waals surface area (Å²) >= 11 is 8.54. The summed E-state index contributed by atoms with van der Waals surface area (Å²) in [5, 5.41) is 10.8. The summed E-state index contributed by atoms with van der Waals surface area (Å²) in [4.78, 5) is 1.26. The number of hydrogen-bond donors (Lipinski definition) is 0. The third kappa shape index (κ3) is 2.24. The van der Waals surface area contributed by atoms with Gasteiger partial charge in [-0.15, -0.1) is 16.4 Å². The molecule has 2 aromatic rings.